The maximum Gasteiger partial charge on any atom is 0.411 e. The number of nitrogens with zero attached hydrogens (tertiary/aromatic N) is 1. The summed E-state index contributed by atoms with van der Waals surface area (Å²) in [5, 5.41) is 5.46. The van der Waals surface area contributed by atoms with Crippen LogP contribution in [-0.4, -0.2) is 41.4 Å². The van der Waals surface area contributed by atoms with E-state index in [1.807, 2.05) is 39.8 Å². The lowest BCUT2D eigenvalue weighted by Gasteiger charge is -2.27. The predicted molar refractivity (Wildman–Crippen MR) is 125 cm³/mol. The number of carbonyl (C=O) groups is 4. The number of carbonyl (C=O) groups excluding carboxylic acids is 4. The van der Waals surface area contributed by atoms with Crippen molar-refractivity contribution in [3.63, 3.8) is 0 Å². The average molecular weight is 456 g/mol. The fourth-order valence-electron chi connectivity index (χ4n) is 4.21. The fraction of sp³-hybridized carbons (Fsp3) is 0.520. The number of amides is 4. The minimum atomic E-state index is -0.886. The van der Waals surface area contributed by atoms with E-state index in [4.69, 9.17) is 4.74 Å². The Kier molecular flexibility index (Phi) is 7.89. The highest BCUT2D eigenvalue weighted by atomic mass is 16.5. The molecule has 1 aromatic rings. The minimum Gasteiger partial charge on any atom is -0.449 e. The SMILES string of the molecule is CC(C)COC(=O)Nc1cccc(NC(=O)C(CC(C)C)N2C(=O)C3CC=CCC3C2=O)c1. The molecule has 3 atom stereocenters. The molecule has 1 fully saturated rings. The van der Waals surface area contributed by atoms with E-state index in [-0.39, 0.29) is 35.5 Å². The molecule has 178 valence electrons. The van der Waals surface area contributed by atoms with Crippen LogP contribution < -0.4 is 10.6 Å². The monoisotopic (exact) mass is 455 g/mol. The van der Waals surface area contributed by atoms with Gasteiger partial charge in [0.1, 0.15) is 6.04 Å². The number of nitrogens with one attached hydrogen (secondary N) is 2. The van der Waals surface area contributed by atoms with Gasteiger partial charge in [0.2, 0.25) is 17.7 Å². The summed E-state index contributed by atoms with van der Waals surface area (Å²) in [4.78, 5) is 52.5. The number of allylic oxidation sites excluding steroid dienone is 2. The van der Waals surface area contributed by atoms with E-state index in [1.165, 1.54) is 4.90 Å². The lowest BCUT2D eigenvalue weighted by Crippen LogP contribution is -2.48. The molecule has 4 amide bonds. The molecular weight excluding hydrogens is 422 g/mol. The van der Waals surface area contributed by atoms with Gasteiger partial charge in [-0.05, 0) is 49.3 Å². The Morgan fingerprint density at radius 2 is 1.55 bits per heavy atom. The van der Waals surface area contributed by atoms with Crippen LogP contribution in [0.1, 0.15) is 47.0 Å². The van der Waals surface area contributed by atoms with Gasteiger partial charge in [0, 0.05) is 11.4 Å². The molecule has 1 aliphatic carbocycles. The van der Waals surface area contributed by atoms with Crippen molar-refractivity contribution in [2.75, 3.05) is 17.2 Å². The molecule has 0 bridgehead atoms. The van der Waals surface area contributed by atoms with Crippen LogP contribution in [0, 0.1) is 23.7 Å². The molecule has 0 saturated carbocycles. The third-order valence-corrected chi connectivity index (χ3v) is 5.77. The maximum atomic E-state index is 13.3. The van der Waals surface area contributed by atoms with Gasteiger partial charge in [-0.25, -0.2) is 4.79 Å². The highest BCUT2D eigenvalue weighted by Crippen LogP contribution is 2.37. The molecule has 0 radical (unpaired) electrons. The van der Waals surface area contributed by atoms with E-state index in [0.717, 1.165) is 0 Å². The van der Waals surface area contributed by atoms with Crippen molar-refractivity contribution in [3.8, 4) is 0 Å². The van der Waals surface area contributed by atoms with E-state index in [0.29, 0.717) is 37.2 Å². The largest absolute Gasteiger partial charge is 0.449 e. The second-order valence-electron chi connectivity index (χ2n) is 9.53. The van der Waals surface area contributed by atoms with Gasteiger partial charge < -0.3 is 10.1 Å². The van der Waals surface area contributed by atoms with Crippen molar-refractivity contribution in [3.05, 3.63) is 36.4 Å². The van der Waals surface area contributed by atoms with Crippen LogP contribution in [0.3, 0.4) is 0 Å². The second-order valence-corrected chi connectivity index (χ2v) is 9.53. The molecule has 8 nitrogen and oxygen atoms in total. The lowest BCUT2D eigenvalue weighted by molar-refractivity contribution is -0.147. The summed E-state index contributed by atoms with van der Waals surface area (Å²) in [6, 6.07) is 5.79. The summed E-state index contributed by atoms with van der Waals surface area (Å²) in [6.07, 6.45) is 4.71. The van der Waals surface area contributed by atoms with Crippen molar-refractivity contribution >= 4 is 35.2 Å². The Labute approximate surface area is 194 Å². The number of hydrogen-bond donors (Lipinski definition) is 2. The highest BCUT2D eigenvalue weighted by Gasteiger charge is 2.51. The first-order chi connectivity index (χ1) is 15.7. The molecular formula is C25H33N3O5. The number of anilines is 2. The van der Waals surface area contributed by atoms with Crippen molar-refractivity contribution in [2.45, 2.75) is 53.0 Å². The number of imide groups is 1. The van der Waals surface area contributed by atoms with Crippen molar-refractivity contribution < 1.29 is 23.9 Å². The van der Waals surface area contributed by atoms with E-state index < -0.39 is 18.0 Å². The van der Waals surface area contributed by atoms with E-state index in [9.17, 15) is 19.2 Å². The quantitative estimate of drug-likeness (QED) is 0.452. The summed E-state index contributed by atoms with van der Waals surface area (Å²) in [5.74, 6) is -1.39. The maximum absolute atomic E-state index is 13.3. The second kappa shape index (κ2) is 10.6. The van der Waals surface area contributed by atoms with Crippen LogP contribution in [-0.2, 0) is 19.1 Å². The molecule has 0 spiro atoms. The van der Waals surface area contributed by atoms with Crippen molar-refractivity contribution in [2.24, 2.45) is 23.7 Å². The summed E-state index contributed by atoms with van der Waals surface area (Å²) in [6.45, 7) is 8.09. The van der Waals surface area contributed by atoms with Gasteiger partial charge in [-0.1, -0.05) is 45.9 Å². The van der Waals surface area contributed by atoms with Gasteiger partial charge in [0.25, 0.3) is 0 Å². The van der Waals surface area contributed by atoms with Crippen molar-refractivity contribution in [1.29, 1.82) is 0 Å². The molecule has 8 heteroatoms. The van der Waals surface area contributed by atoms with Crippen LogP contribution in [0.4, 0.5) is 16.2 Å². The summed E-state index contributed by atoms with van der Waals surface area (Å²) < 4.78 is 5.12. The molecule has 0 aromatic heterocycles. The first-order valence-electron chi connectivity index (χ1n) is 11.5. The summed E-state index contributed by atoms with van der Waals surface area (Å²) in [7, 11) is 0. The zero-order valence-corrected chi connectivity index (χ0v) is 19.7. The van der Waals surface area contributed by atoms with Gasteiger partial charge in [-0.2, -0.15) is 0 Å². The third kappa shape index (κ3) is 6.00. The minimum absolute atomic E-state index is 0.103. The zero-order valence-electron chi connectivity index (χ0n) is 19.7. The summed E-state index contributed by atoms with van der Waals surface area (Å²) in [5.41, 5.74) is 0.918. The molecule has 3 rings (SSSR count). The molecule has 1 aliphatic heterocycles. The van der Waals surface area contributed by atoms with Crippen LogP contribution in [0.15, 0.2) is 36.4 Å². The van der Waals surface area contributed by atoms with Crippen molar-refractivity contribution in [1.82, 2.24) is 4.90 Å². The molecule has 1 aromatic carbocycles. The Morgan fingerprint density at radius 1 is 0.970 bits per heavy atom. The smallest absolute Gasteiger partial charge is 0.411 e. The van der Waals surface area contributed by atoms with Gasteiger partial charge in [0.05, 0.1) is 18.4 Å². The van der Waals surface area contributed by atoms with Crippen LogP contribution in [0.25, 0.3) is 0 Å². The molecule has 1 saturated heterocycles. The standard InChI is InChI=1S/C25H33N3O5/c1-15(2)12-21(28-23(30)19-10-5-6-11-20(19)24(28)31)22(29)26-17-8-7-9-18(13-17)27-25(32)33-14-16(3)4/h5-9,13,15-16,19-21H,10-12,14H2,1-4H3,(H,26,29)(H,27,32). The molecule has 3 unspecified atom stereocenters. The first kappa shape index (κ1) is 24.5. The van der Waals surface area contributed by atoms with E-state index >= 15 is 0 Å². The van der Waals surface area contributed by atoms with Crippen LogP contribution in [0.2, 0.25) is 0 Å². The van der Waals surface area contributed by atoms with Crippen LogP contribution >= 0.6 is 0 Å². The molecule has 33 heavy (non-hydrogen) atoms. The third-order valence-electron chi connectivity index (χ3n) is 5.77. The average Bonchev–Trinajstić information content (AvgIpc) is 3.01. The highest BCUT2D eigenvalue weighted by molar-refractivity contribution is 6.10. The Morgan fingerprint density at radius 3 is 2.09 bits per heavy atom. The number of rotatable bonds is 8. The topological polar surface area (TPSA) is 105 Å². The lowest BCUT2D eigenvalue weighted by atomic mass is 9.85. The zero-order chi connectivity index (χ0) is 24.1. The van der Waals surface area contributed by atoms with E-state index in [2.05, 4.69) is 10.6 Å². The van der Waals surface area contributed by atoms with Gasteiger partial charge in [-0.15, -0.1) is 0 Å². The van der Waals surface area contributed by atoms with Gasteiger partial charge in [0.15, 0.2) is 0 Å². The Hall–Kier alpha value is -3.16. The normalized spacial score (nSPS) is 20.7. The van der Waals surface area contributed by atoms with Gasteiger partial charge >= 0.3 is 6.09 Å². The van der Waals surface area contributed by atoms with Gasteiger partial charge in [-0.3, -0.25) is 24.6 Å². The first-order valence-corrected chi connectivity index (χ1v) is 11.5. The van der Waals surface area contributed by atoms with Crippen LogP contribution in [0.5, 0.6) is 0 Å². The summed E-state index contributed by atoms with van der Waals surface area (Å²) >= 11 is 0. The molecule has 2 aliphatic rings. The number of hydrogen-bond acceptors (Lipinski definition) is 5. The fourth-order valence-corrected chi connectivity index (χ4v) is 4.21. The molecule has 1 heterocycles. The number of benzene rings is 1. The predicted octanol–water partition coefficient (Wildman–Crippen LogP) is 4.20. The number of fused-ring (bicyclic) bond motifs is 1. The number of ether oxygens (including phenoxy) is 1. The van der Waals surface area contributed by atoms with E-state index in [1.54, 1.807) is 24.3 Å². The Bertz CT molecular complexity index is 914. The number of likely N-dealkylation sites (tertiary alicyclic amines) is 1. The molecule has 2 N–H and O–H groups in total. The Balaban J connectivity index is 1.73.